The smallest absolute Gasteiger partial charge is 0.128 e. The summed E-state index contributed by atoms with van der Waals surface area (Å²) in [4.78, 5) is 11.8. The summed E-state index contributed by atoms with van der Waals surface area (Å²) in [7, 11) is 2.17. The van der Waals surface area contributed by atoms with Crippen molar-refractivity contribution in [3.05, 3.63) is 58.7 Å². The minimum absolute atomic E-state index is 0.245. The third-order valence-electron chi connectivity index (χ3n) is 5.72. The highest BCUT2D eigenvalue weighted by molar-refractivity contribution is 6.31. The van der Waals surface area contributed by atoms with Crippen molar-refractivity contribution in [1.82, 2.24) is 14.8 Å². The summed E-state index contributed by atoms with van der Waals surface area (Å²) in [5.74, 6) is 1.06. The molecule has 1 fully saturated rings. The van der Waals surface area contributed by atoms with Gasteiger partial charge in [-0.05, 0) is 36.4 Å². The third-order valence-corrected chi connectivity index (χ3v) is 6.05. The minimum atomic E-state index is 0.245. The Balaban J connectivity index is 1.56. The molecule has 2 N–H and O–H groups in total. The summed E-state index contributed by atoms with van der Waals surface area (Å²) in [6, 6.07) is 12.9. The van der Waals surface area contributed by atoms with Crippen molar-refractivity contribution < 1.29 is 0 Å². The fourth-order valence-corrected chi connectivity index (χ4v) is 4.64. The normalized spacial score (nSPS) is 24.5. The maximum absolute atomic E-state index is 6.64. The second-order valence-corrected chi connectivity index (χ2v) is 7.57. The first-order chi connectivity index (χ1) is 12.7. The van der Waals surface area contributed by atoms with Crippen molar-refractivity contribution in [2.75, 3.05) is 51.2 Å². The molecule has 138 valence electrons. The van der Waals surface area contributed by atoms with Crippen LogP contribution in [-0.4, -0.2) is 61.1 Å². The molecule has 2 aliphatic heterocycles. The molecule has 0 aliphatic carbocycles. The van der Waals surface area contributed by atoms with E-state index < -0.39 is 0 Å². The molecule has 0 saturated carbocycles. The number of halogens is 1. The SMILES string of the molecule is CN1CC(N2CCN(c3ccccn3)CC2)c2c(Cl)cccc2C1CN. The van der Waals surface area contributed by atoms with Crippen LogP contribution >= 0.6 is 11.6 Å². The number of piperazine rings is 1. The number of benzene rings is 1. The molecule has 3 heterocycles. The van der Waals surface area contributed by atoms with Crippen molar-refractivity contribution in [2.24, 2.45) is 5.73 Å². The topological polar surface area (TPSA) is 48.6 Å². The van der Waals surface area contributed by atoms with Crippen LogP contribution in [0.2, 0.25) is 5.02 Å². The van der Waals surface area contributed by atoms with Gasteiger partial charge in [0.1, 0.15) is 5.82 Å². The average Bonchev–Trinajstić information content (AvgIpc) is 2.68. The Kier molecular flexibility index (Phi) is 5.14. The van der Waals surface area contributed by atoms with Crippen LogP contribution in [0.5, 0.6) is 0 Å². The first kappa shape index (κ1) is 17.7. The zero-order valence-corrected chi connectivity index (χ0v) is 15.9. The first-order valence-corrected chi connectivity index (χ1v) is 9.65. The lowest BCUT2D eigenvalue weighted by Gasteiger charge is -2.46. The van der Waals surface area contributed by atoms with Crippen LogP contribution in [0.4, 0.5) is 5.82 Å². The van der Waals surface area contributed by atoms with Crippen molar-refractivity contribution in [1.29, 1.82) is 0 Å². The Morgan fingerprint density at radius 3 is 2.62 bits per heavy atom. The predicted octanol–water partition coefficient (Wildman–Crippen LogP) is 2.54. The van der Waals surface area contributed by atoms with Gasteiger partial charge in [0.2, 0.25) is 0 Å². The van der Waals surface area contributed by atoms with E-state index in [1.807, 2.05) is 30.5 Å². The average molecular weight is 372 g/mol. The molecule has 6 heteroatoms. The highest BCUT2D eigenvalue weighted by atomic mass is 35.5. The van der Waals surface area contributed by atoms with E-state index in [1.165, 1.54) is 11.1 Å². The number of hydrogen-bond acceptors (Lipinski definition) is 5. The van der Waals surface area contributed by atoms with E-state index in [1.54, 1.807) is 0 Å². The molecule has 2 aliphatic rings. The van der Waals surface area contributed by atoms with Gasteiger partial charge in [-0.3, -0.25) is 9.80 Å². The van der Waals surface area contributed by atoms with Crippen molar-refractivity contribution in [3.8, 4) is 0 Å². The van der Waals surface area contributed by atoms with E-state index in [0.717, 1.165) is 43.6 Å². The number of anilines is 1. The molecule has 0 radical (unpaired) electrons. The molecule has 4 rings (SSSR count). The van der Waals surface area contributed by atoms with Gasteiger partial charge in [0.05, 0.1) is 0 Å². The van der Waals surface area contributed by atoms with Crippen molar-refractivity contribution >= 4 is 17.4 Å². The zero-order chi connectivity index (χ0) is 18.1. The lowest BCUT2D eigenvalue weighted by atomic mass is 9.88. The highest BCUT2D eigenvalue weighted by Gasteiger charge is 2.36. The van der Waals surface area contributed by atoms with Crippen molar-refractivity contribution in [2.45, 2.75) is 12.1 Å². The van der Waals surface area contributed by atoms with Gasteiger partial charge in [-0.25, -0.2) is 4.98 Å². The number of likely N-dealkylation sites (N-methyl/N-ethyl adjacent to an activating group) is 1. The lowest BCUT2D eigenvalue weighted by Crippen LogP contribution is -2.52. The molecule has 2 unspecified atom stereocenters. The number of aromatic nitrogens is 1. The van der Waals surface area contributed by atoms with Crippen LogP contribution < -0.4 is 10.6 Å². The monoisotopic (exact) mass is 371 g/mol. The van der Waals surface area contributed by atoms with E-state index in [0.29, 0.717) is 12.6 Å². The molecule has 1 aromatic carbocycles. The lowest BCUT2D eigenvalue weighted by molar-refractivity contribution is 0.106. The van der Waals surface area contributed by atoms with Gasteiger partial charge in [-0.15, -0.1) is 0 Å². The maximum Gasteiger partial charge on any atom is 0.128 e. The first-order valence-electron chi connectivity index (χ1n) is 9.27. The molecule has 0 spiro atoms. The van der Waals surface area contributed by atoms with Gasteiger partial charge in [0.15, 0.2) is 0 Å². The van der Waals surface area contributed by atoms with Crippen LogP contribution in [0.1, 0.15) is 23.2 Å². The Morgan fingerprint density at radius 2 is 1.92 bits per heavy atom. The fraction of sp³-hybridized carbons (Fsp3) is 0.450. The van der Waals surface area contributed by atoms with Gasteiger partial charge < -0.3 is 10.6 Å². The van der Waals surface area contributed by atoms with Crippen LogP contribution in [0.25, 0.3) is 0 Å². The highest BCUT2D eigenvalue weighted by Crippen LogP contribution is 2.40. The van der Waals surface area contributed by atoms with E-state index in [2.05, 4.69) is 38.9 Å². The van der Waals surface area contributed by atoms with Crippen LogP contribution in [0.15, 0.2) is 42.6 Å². The summed E-state index contributed by atoms with van der Waals surface area (Å²) in [6.45, 7) is 5.56. The molecular weight excluding hydrogens is 346 g/mol. The van der Waals surface area contributed by atoms with E-state index in [9.17, 15) is 0 Å². The number of hydrogen-bond donors (Lipinski definition) is 1. The molecular formula is C20H26ClN5. The molecule has 1 aromatic heterocycles. The van der Waals surface area contributed by atoms with Gasteiger partial charge in [-0.1, -0.05) is 29.8 Å². The Bertz CT molecular complexity index is 745. The van der Waals surface area contributed by atoms with Crippen LogP contribution in [0.3, 0.4) is 0 Å². The standard InChI is InChI=1S/C20H26ClN5/c1-24-14-18(20-15(17(24)13-22)5-4-6-16(20)21)25-9-11-26(12-10-25)19-7-2-3-8-23-19/h2-8,17-18H,9-14,22H2,1H3. The number of rotatable bonds is 3. The summed E-state index contributed by atoms with van der Waals surface area (Å²) in [5, 5.41) is 0.867. The quantitative estimate of drug-likeness (QED) is 0.898. The van der Waals surface area contributed by atoms with Crippen LogP contribution in [-0.2, 0) is 0 Å². The zero-order valence-electron chi connectivity index (χ0n) is 15.2. The van der Waals surface area contributed by atoms with Gasteiger partial charge in [0.25, 0.3) is 0 Å². The second kappa shape index (κ2) is 7.53. The summed E-state index contributed by atoms with van der Waals surface area (Å²) in [6.07, 6.45) is 1.86. The molecule has 0 bridgehead atoms. The fourth-order valence-electron chi connectivity index (χ4n) is 4.33. The Hall–Kier alpha value is -1.66. The summed E-state index contributed by atoms with van der Waals surface area (Å²) in [5.41, 5.74) is 8.61. The van der Waals surface area contributed by atoms with E-state index in [-0.39, 0.29) is 6.04 Å². The number of nitrogens with zero attached hydrogens (tertiary/aromatic N) is 4. The summed E-state index contributed by atoms with van der Waals surface area (Å²) >= 11 is 6.64. The predicted molar refractivity (Wildman–Crippen MR) is 107 cm³/mol. The molecule has 26 heavy (non-hydrogen) atoms. The van der Waals surface area contributed by atoms with Gasteiger partial charge in [-0.2, -0.15) is 0 Å². The van der Waals surface area contributed by atoms with E-state index >= 15 is 0 Å². The number of nitrogens with two attached hydrogens (primary N) is 1. The second-order valence-electron chi connectivity index (χ2n) is 7.16. The maximum atomic E-state index is 6.64. The number of pyridine rings is 1. The minimum Gasteiger partial charge on any atom is -0.354 e. The molecule has 2 aromatic rings. The van der Waals surface area contributed by atoms with Gasteiger partial charge in [0, 0.05) is 62.6 Å². The Labute approximate surface area is 160 Å². The number of fused-ring (bicyclic) bond motifs is 1. The molecule has 5 nitrogen and oxygen atoms in total. The summed E-state index contributed by atoms with van der Waals surface area (Å²) < 4.78 is 0. The molecule has 1 saturated heterocycles. The van der Waals surface area contributed by atoms with E-state index in [4.69, 9.17) is 17.3 Å². The molecule has 0 amide bonds. The van der Waals surface area contributed by atoms with Crippen molar-refractivity contribution in [3.63, 3.8) is 0 Å². The Morgan fingerprint density at radius 1 is 1.12 bits per heavy atom. The largest absolute Gasteiger partial charge is 0.354 e. The molecule has 2 atom stereocenters. The van der Waals surface area contributed by atoms with Crippen LogP contribution in [0, 0.1) is 0 Å². The third kappa shape index (κ3) is 3.21. The van der Waals surface area contributed by atoms with Gasteiger partial charge >= 0.3 is 0 Å².